The van der Waals surface area contributed by atoms with Gasteiger partial charge in [-0.15, -0.1) is 0 Å². The van der Waals surface area contributed by atoms with Gasteiger partial charge < -0.3 is 4.90 Å². The minimum atomic E-state index is 0.00802. The van der Waals surface area contributed by atoms with Crippen molar-refractivity contribution in [1.82, 2.24) is 19.7 Å². The second-order valence-corrected chi connectivity index (χ2v) is 7.11. The number of carbonyl (C=O) groups is 1. The quantitative estimate of drug-likeness (QED) is 0.590. The van der Waals surface area contributed by atoms with E-state index >= 15 is 0 Å². The van der Waals surface area contributed by atoms with Gasteiger partial charge in [0.15, 0.2) is 0 Å². The summed E-state index contributed by atoms with van der Waals surface area (Å²) in [5.41, 5.74) is 3.68. The molecule has 3 aromatic rings. The average molecular weight is 377 g/mol. The van der Waals surface area contributed by atoms with Crippen LogP contribution in [0.5, 0.6) is 0 Å². The minimum absolute atomic E-state index is 0.00802. The topological polar surface area (TPSA) is 51.0 Å². The molecule has 28 heavy (non-hydrogen) atoms. The Kier molecular flexibility index (Phi) is 6.58. The van der Waals surface area contributed by atoms with E-state index in [0.717, 1.165) is 24.2 Å². The first kappa shape index (κ1) is 19.8. The normalized spacial score (nSPS) is 12.0. The maximum Gasteiger partial charge on any atom is 0.272 e. The third-order valence-corrected chi connectivity index (χ3v) is 4.97. The largest absolute Gasteiger partial charge is 0.329 e. The Morgan fingerprint density at radius 1 is 1.14 bits per heavy atom. The molecule has 0 radical (unpaired) electrons. The van der Waals surface area contributed by atoms with E-state index in [4.69, 9.17) is 0 Å². The first-order valence-corrected chi connectivity index (χ1v) is 9.87. The van der Waals surface area contributed by atoms with E-state index in [1.807, 2.05) is 49.1 Å². The van der Waals surface area contributed by atoms with Crippen LogP contribution in [0.1, 0.15) is 47.7 Å². The Labute approximate surface area is 167 Å². The van der Waals surface area contributed by atoms with Gasteiger partial charge in [-0.3, -0.25) is 14.5 Å². The van der Waals surface area contributed by atoms with Gasteiger partial charge in [-0.25, -0.2) is 0 Å². The van der Waals surface area contributed by atoms with Crippen molar-refractivity contribution in [2.24, 2.45) is 0 Å². The molecular weight excluding hydrogens is 348 g/mol. The molecule has 146 valence electrons. The molecule has 0 fully saturated rings. The molecule has 2 aromatic heterocycles. The van der Waals surface area contributed by atoms with E-state index in [0.29, 0.717) is 18.8 Å². The molecule has 5 heteroatoms. The van der Waals surface area contributed by atoms with E-state index in [1.165, 1.54) is 5.56 Å². The van der Waals surface area contributed by atoms with Crippen molar-refractivity contribution < 1.29 is 4.79 Å². The summed E-state index contributed by atoms with van der Waals surface area (Å²) in [7, 11) is 0. The maximum absolute atomic E-state index is 13.4. The number of rotatable bonds is 8. The average Bonchev–Trinajstić information content (AvgIpc) is 3.12. The first-order chi connectivity index (χ1) is 13.6. The maximum atomic E-state index is 13.4. The molecule has 0 aliphatic heterocycles. The van der Waals surface area contributed by atoms with Gasteiger partial charge in [0, 0.05) is 18.8 Å². The summed E-state index contributed by atoms with van der Waals surface area (Å²) in [5.74, 6) is 0.00802. The van der Waals surface area contributed by atoms with Crippen LogP contribution in [0.15, 0.2) is 60.8 Å². The van der Waals surface area contributed by atoms with Crippen molar-refractivity contribution in [3.63, 3.8) is 0 Å². The number of benzene rings is 1. The molecule has 1 amide bonds. The van der Waals surface area contributed by atoms with Crippen molar-refractivity contribution in [2.45, 2.75) is 52.7 Å². The fraction of sp³-hybridized carbons (Fsp3) is 0.348. The van der Waals surface area contributed by atoms with Crippen LogP contribution in [0.25, 0.3) is 0 Å². The third kappa shape index (κ3) is 4.85. The molecule has 1 atom stereocenters. The minimum Gasteiger partial charge on any atom is -0.329 e. The molecule has 0 aliphatic rings. The van der Waals surface area contributed by atoms with Crippen LogP contribution < -0.4 is 0 Å². The van der Waals surface area contributed by atoms with E-state index < -0.39 is 0 Å². The molecule has 0 saturated carbocycles. The standard InChI is InChI=1S/C23H28N4O/c1-4-27-22(16-18(2)25-27)23(28)26(17-21-12-8-9-15-24-21)19(3)13-14-20-10-6-5-7-11-20/h5-12,15-16,19H,4,13-14,17H2,1-3H3/t19-/m0/s1. The summed E-state index contributed by atoms with van der Waals surface area (Å²) in [6.45, 7) is 7.20. The van der Waals surface area contributed by atoms with Gasteiger partial charge in [0.2, 0.25) is 0 Å². The van der Waals surface area contributed by atoms with Crippen LogP contribution in [0.2, 0.25) is 0 Å². The van der Waals surface area contributed by atoms with Crippen LogP contribution in [0, 0.1) is 6.92 Å². The van der Waals surface area contributed by atoms with Crippen molar-refractivity contribution in [1.29, 1.82) is 0 Å². The Morgan fingerprint density at radius 2 is 1.89 bits per heavy atom. The number of hydrogen-bond acceptors (Lipinski definition) is 3. The van der Waals surface area contributed by atoms with Gasteiger partial charge in [0.1, 0.15) is 5.69 Å². The lowest BCUT2D eigenvalue weighted by molar-refractivity contribution is 0.0652. The van der Waals surface area contributed by atoms with Crippen molar-refractivity contribution >= 4 is 5.91 Å². The Bertz CT molecular complexity index is 889. The Hall–Kier alpha value is -2.95. The number of aryl methyl sites for hydroxylation is 3. The highest BCUT2D eigenvalue weighted by Crippen LogP contribution is 2.17. The van der Waals surface area contributed by atoms with Gasteiger partial charge in [-0.05, 0) is 57.4 Å². The van der Waals surface area contributed by atoms with Gasteiger partial charge >= 0.3 is 0 Å². The summed E-state index contributed by atoms with van der Waals surface area (Å²) in [6, 6.07) is 18.2. The number of carbonyl (C=O) groups excluding carboxylic acids is 1. The number of nitrogens with zero attached hydrogens (tertiary/aromatic N) is 4. The van der Waals surface area contributed by atoms with E-state index in [-0.39, 0.29) is 11.9 Å². The zero-order valence-corrected chi connectivity index (χ0v) is 16.9. The van der Waals surface area contributed by atoms with E-state index in [9.17, 15) is 4.79 Å². The van der Waals surface area contributed by atoms with Crippen LogP contribution >= 0.6 is 0 Å². The highest BCUT2D eigenvalue weighted by Gasteiger charge is 2.25. The van der Waals surface area contributed by atoms with Crippen molar-refractivity contribution in [3.05, 3.63) is 83.4 Å². The number of hydrogen-bond donors (Lipinski definition) is 0. The summed E-state index contributed by atoms with van der Waals surface area (Å²) in [4.78, 5) is 19.8. The molecule has 0 bridgehead atoms. The van der Waals surface area contributed by atoms with E-state index in [1.54, 1.807) is 10.9 Å². The van der Waals surface area contributed by atoms with Crippen LogP contribution in [0.3, 0.4) is 0 Å². The lowest BCUT2D eigenvalue weighted by Crippen LogP contribution is -2.39. The fourth-order valence-corrected chi connectivity index (χ4v) is 3.38. The fourth-order valence-electron chi connectivity index (χ4n) is 3.38. The SMILES string of the molecule is CCn1nc(C)cc1C(=O)N(Cc1ccccn1)[C@@H](C)CCc1ccccc1. The molecule has 5 nitrogen and oxygen atoms in total. The van der Waals surface area contributed by atoms with Crippen LogP contribution in [-0.2, 0) is 19.5 Å². The second kappa shape index (κ2) is 9.31. The molecule has 0 saturated heterocycles. The smallest absolute Gasteiger partial charge is 0.272 e. The zero-order valence-electron chi connectivity index (χ0n) is 16.9. The van der Waals surface area contributed by atoms with Crippen molar-refractivity contribution in [2.75, 3.05) is 0 Å². The molecular formula is C23H28N4O. The number of aromatic nitrogens is 3. The molecule has 2 heterocycles. The van der Waals surface area contributed by atoms with Crippen LogP contribution in [-0.4, -0.2) is 31.6 Å². The predicted molar refractivity (Wildman–Crippen MR) is 111 cm³/mol. The van der Waals surface area contributed by atoms with Gasteiger partial charge in [-0.2, -0.15) is 5.10 Å². The van der Waals surface area contributed by atoms with Crippen molar-refractivity contribution in [3.8, 4) is 0 Å². The molecule has 0 N–H and O–H groups in total. The van der Waals surface area contributed by atoms with E-state index in [2.05, 4.69) is 41.3 Å². The van der Waals surface area contributed by atoms with Gasteiger partial charge in [0.05, 0.1) is 17.9 Å². The van der Waals surface area contributed by atoms with Gasteiger partial charge in [-0.1, -0.05) is 36.4 Å². The Morgan fingerprint density at radius 3 is 2.57 bits per heavy atom. The molecule has 3 rings (SSSR count). The first-order valence-electron chi connectivity index (χ1n) is 9.87. The van der Waals surface area contributed by atoms with Gasteiger partial charge in [0.25, 0.3) is 5.91 Å². The number of amides is 1. The summed E-state index contributed by atoms with van der Waals surface area (Å²) < 4.78 is 1.78. The summed E-state index contributed by atoms with van der Waals surface area (Å²) >= 11 is 0. The molecule has 0 spiro atoms. The lowest BCUT2D eigenvalue weighted by atomic mass is 10.0. The molecule has 0 unspecified atom stereocenters. The predicted octanol–water partition coefficient (Wildman–Crippen LogP) is 4.27. The summed E-state index contributed by atoms with van der Waals surface area (Å²) in [6.07, 6.45) is 3.59. The highest BCUT2D eigenvalue weighted by atomic mass is 16.2. The summed E-state index contributed by atoms with van der Waals surface area (Å²) in [5, 5.41) is 4.45. The highest BCUT2D eigenvalue weighted by molar-refractivity contribution is 5.93. The van der Waals surface area contributed by atoms with Crippen LogP contribution in [0.4, 0.5) is 0 Å². The Balaban J connectivity index is 1.82. The third-order valence-electron chi connectivity index (χ3n) is 4.97. The molecule has 1 aromatic carbocycles. The second-order valence-electron chi connectivity index (χ2n) is 7.11. The lowest BCUT2D eigenvalue weighted by Gasteiger charge is -2.29. The monoisotopic (exact) mass is 376 g/mol. The number of pyridine rings is 1. The molecule has 0 aliphatic carbocycles. The zero-order chi connectivity index (χ0) is 19.9.